The Morgan fingerprint density at radius 2 is 1.72 bits per heavy atom. The van der Waals surface area contributed by atoms with Crippen molar-refractivity contribution in [3.63, 3.8) is 0 Å². The normalized spacial score (nSPS) is 11.2. The van der Waals surface area contributed by atoms with Crippen LogP contribution in [0.15, 0.2) is 60.7 Å². The number of nitrogens with zero attached hydrogens (tertiary/aromatic N) is 1. The fraction of sp³-hybridized carbons (Fsp3) is 0.143. The van der Waals surface area contributed by atoms with E-state index in [1.165, 1.54) is 5.56 Å². The summed E-state index contributed by atoms with van der Waals surface area (Å²) in [5.41, 5.74) is 4.16. The highest BCUT2D eigenvalue weighted by molar-refractivity contribution is 6.09. The highest BCUT2D eigenvalue weighted by Crippen LogP contribution is 2.28. The molecule has 0 saturated carbocycles. The van der Waals surface area contributed by atoms with E-state index in [-0.39, 0.29) is 5.69 Å². The number of carboxylic acids is 1. The van der Waals surface area contributed by atoms with Gasteiger partial charge in [0.15, 0.2) is 0 Å². The molecular weight excluding hydrogens is 312 g/mol. The number of fused-ring (bicyclic) bond motifs is 3. The number of H-pyrrole nitrogens is 1. The van der Waals surface area contributed by atoms with Crippen molar-refractivity contribution < 1.29 is 9.90 Å². The number of aryl methyl sites for hydroxylation is 2. The minimum absolute atomic E-state index is 0.104. The van der Waals surface area contributed by atoms with Crippen molar-refractivity contribution in [2.75, 3.05) is 0 Å². The second-order valence-corrected chi connectivity index (χ2v) is 6.19. The van der Waals surface area contributed by atoms with Gasteiger partial charge in [0.1, 0.15) is 5.69 Å². The van der Waals surface area contributed by atoms with E-state index in [1.54, 1.807) is 6.07 Å². The molecule has 0 aliphatic heterocycles. The van der Waals surface area contributed by atoms with Gasteiger partial charge in [-0.1, -0.05) is 48.5 Å². The molecule has 124 valence electrons. The van der Waals surface area contributed by atoms with Crippen molar-refractivity contribution >= 4 is 27.8 Å². The minimum Gasteiger partial charge on any atom is -0.477 e. The Hall–Kier alpha value is -3.14. The summed E-state index contributed by atoms with van der Waals surface area (Å²) >= 11 is 0. The van der Waals surface area contributed by atoms with Crippen molar-refractivity contribution in [3.8, 4) is 0 Å². The Morgan fingerprint density at radius 1 is 0.960 bits per heavy atom. The molecule has 0 fully saturated rings. The standard InChI is InChI=1S/C21H18N2O2/c24-21(25)19-13-16-15-10-4-5-11-17(15)23-20(16)18(22-19)12-6-9-14-7-2-1-3-8-14/h1-5,7-8,10-11,13,23H,6,9,12H2,(H,24,25). The number of benzene rings is 2. The molecule has 2 aromatic carbocycles. The van der Waals surface area contributed by atoms with Gasteiger partial charge in [0.25, 0.3) is 0 Å². The third-order valence-corrected chi connectivity index (χ3v) is 4.51. The maximum Gasteiger partial charge on any atom is 0.354 e. The van der Waals surface area contributed by atoms with E-state index in [9.17, 15) is 9.90 Å². The number of aromatic carboxylic acids is 1. The number of hydrogen-bond acceptors (Lipinski definition) is 2. The third kappa shape index (κ3) is 2.98. The molecule has 4 heteroatoms. The van der Waals surface area contributed by atoms with Crippen LogP contribution in [0.5, 0.6) is 0 Å². The van der Waals surface area contributed by atoms with E-state index in [2.05, 4.69) is 22.1 Å². The van der Waals surface area contributed by atoms with Crippen molar-refractivity contribution in [2.24, 2.45) is 0 Å². The van der Waals surface area contributed by atoms with Crippen LogP contribution in [0.25, 0.3) is 21.8 Å². The molecule has 0 saturated heterocycles. The summed E-state index contributed by atoms with van der Waals surface area (Å²) < 4.78 is 0. The number of aromatic amines is 1. The van der Waals surface area contributed by atoms with Crippen LogP contribution in [0.3, 0.4) is 0 Å². The van der Waals surface area contributed by atoms with Crippen molar-refractivity contribution in [3.05, 3.63) is 77.6 Å². The largest absolute Gasteiger partial charge is 0.477 e. The second-order valence-electron chi connectivity index (χ2n) is 6.19. The zero-order chi connectivity index (χ0) is 17.2. The summed E-state index contributed by atoms with van der Waals surface area (Å²) in [6.07, 6.45) is 2.60. The molecule has 0 atom stereocenters. The Kier molecular flexibility index (Phi) is 3.94. The zero-order valence-electron chi connectivity index (χ0n) is 13.7. The van der Waals surface area contributed by atoms with Crippen molar-refractivity contribution in [2.45, 2.75) is 19.3 Å². The molecule has 0 amide bonds. The highest BCUT2D eigenvalue weighted by atomic mass is 16.4. The number of para-hydroxylation sites is 1. The molecule has 2 heterocycles. The molecule has 0 aliphatic rings. The van der Waals surface area contributed by atoms with Gasteiger partial charge in [0, 0.05) is 16.3 Å². The molecule has 0 bridgehead atoms. The van der Waals surface area contributed by atoms with Gasteiger partial charge in [-0.3, -0.25) is 0 Å². The average molecular weight is 330 g/mol. The van der Waals surface area contributed by atoms with Crippen LogP contribution in [-0.2, 0) is 12.8 Å². The lowest BCUT2D eigenvalue weighted by molar-refractivity contribution is 0.0690. The summed E-state index contributed by atoms with van der Waals surface area (Å²) in [5, 5.41) is 11.4. The molecule has 0 unspecified atom stereocenters. The van der Waals surface area contributed by atoms with Crippen LogP contribution in [0.1, 0.15) is 28.2 Å². The molecule has 2 aromatic heterocycles. The monoisotopic (exact) mass is 330 g/mol. The Balaban J connectivity index is 1.72. The molecule has 0 radical (unpaired) electrons. The summed E-state index contributed by atoms with van der Waals surface area (Å²) in [4.78, 5) is 19.3. The molecule has 4 rings (SSSR count). The lowest BCUT2D eigenvalue weighted by Crippen LogP contribution is -2.04. The lowest BCUT2D eigenvalue weighted by atomic mass is 10.0. The fourth-order valence-corrected chi connectivity index (χ4v) is 3.31. The van der Waals surface area contributed by atoms with Gasteiger partial charge in [-0.25, -0.2) is 9.78 Å². The molecule has 0 aliphatic carbocycles. The first kappa shape index (κ1) is 15.4. The predicted molar refractivity (Wildman–Crippen MR) is 99.0 cm³/mol. The van der Waals surface area contributed by atoms with E-state index in [0.29, 0.717) is 0 Å². The number of nitrogens with one attached hydrogen (secondary N) is 1. The minimum atomic E-state index is -0.989. The Bertz CT molecular complexity index is 1050. The molecule has 25 heavy (non-hydrogen) atoms. The number of pyridine rings is 1. The predicted octanol–water partition coefficient (Wildman–Crippen LogP) is 4.59. The zero-order valence-corrected chi connectivity index (χ0v) is 13.7. The van der Waals surface area contributed by atoms with Gasteiger partial charge in [-0.2, -0.15) is 0 Å². The summed E-state index contributed by atoms with van der Waals surface area (Å²) in [7, 11) is 0. The van der Waals surface area contributed by atoms with Gasteiger partial charge in [0.2, 0.25) is 0 Å². The van der Waals surface area contributed by atoms with Crippen LogP contribution in [0, 0.1) is 0 Å². The van der Waals surface area contributed by atoms with Gasteiger partial charge >= 0.3 is 5.97 Å². The van der Waals surface area contributed by atoms with E-state index >= 15 is 0 Å². The van der Waals surface area contributed by atoms with Crippen LogP contribution in [-0.4, -0.2) is 21.0 Å². The van der Waals surface area contributed by atoms with Crippen LogP contribution in [0.2, 0.25) is 0 Å². The molecule has 0 spiro atoms. The van der Waals surface area contributed by atoms with E-state index < -0.39 is 5.97 Å². The second kappa shape index (κ2) is 6.40. The van der Waals surface area contributed by atoms with Crippen molar-refractivity contribution in [1.29, 1.82) is 0 Å². The topological polar surface area (TPSA) is 66.0 Å². The molecule has 4 aromatic rings. The number of carbonyl (C=O) groups is 1. The fourth-order valence-electron chi connectivity index (χ4n) is 3.31. The highest BCUT2D eigenvalue weighted by Gasteiger charge is 2.14. The first-order chi connectivity index (χ1) is 12.2. The third-order valence-electron chi connectivity index (χ3n) is 4.51. The average Bonchev–Trinajstić information content (AvgIpc) is 3.01. The molecule has 2 N–H and O–H groups in total. The number of carboxylic acid groups (broad SMARTS) is 1. The maximum absolute atomic E-state index is 11.5. The SMILES string of the molecule is O=C(O)c1cc2c([nH]c3ccccc32)c(CCCc2ccccc2)n1. The first-order valence-electron chi connectivity index (χ1n) is 8.40. The van der Waals surface area contributed by atoms with Crippen LogP contribution >= 0.6 is 0 Å². The number of hydrogen-bond donors (Lipinski definition) is 2. The molecular formula is C21H18N2O2. The number of rotatable bonds is 5. The lowest BCUT2D eigenvalue weighted by Gasteiger charge is -2.05. The number of aromatic nitrogens is 2. The summed E-state index contributed by atoms with van der Waals surface area (Å²) in [5.74, 6) is -0.989. The van der Waals surface area contributed by atoms with Gasteiger partial charge in [0.05, 0.1) is 11.2 Å². The van der Waals surface area contributed by atoms with Gasteiger partial charge in [-0.05, 0) is 37.0 Å². The van der Waals surface area contributed by atoms with Gasteiger partial charge < -0.3 is 10.1 Å². The summed E-state index contributed by atoms with van der Waals surface area (Å²) in [6.45, 7) is 0. The van der Waals surface area contributed by atoms with Crippen LogP contribution < -0.4 is 0 Å². The smallest absolute Gasteiger partial charge is 0.354 e. The maximum atomic E-state index is 11.5. The van der Waals surface area contributed by atoms with Crippen LogP contribution in [0.4, 0.5) is 0 Å². The quantitative estimate of drug-likeness (QED) is 0.562. The van der Waals surface area contributed by atoms with E-state index in [0.717, 1.165) is 46.8 Å². The first-order valence-corrected chi connectivity index (χ1v) is 8.40. The van der Waals surface area contributed by atoms with Gasteiger partial charge in [-0.15, -0.1) is 0 Å². The van der Waals surface area contributed by atoms with Crippen molar-refractivity contribution in [1.82, 2.24) is 9.97 Å². The Morgan fingerprint density at radius 3 is 2.52 bits per heavy atom. The molecule has 4 nitrogen and oxygen atoms in total. The van der Waals surface area contributed by atoms with E-state index in [4.69, 9.17) is 0 Å². The van der Waals surface area contributed by atoms with E-state index in [1.807, 2.05) is 42.5 Å². The Labute approximate surface area is 145 Å². The summed E-state index contributed by atoms with van der Waals surface area (Å²) in [6, 6.07) is 19.9.